The van der Waals surface area contributed by atoms with E-state index in [2.05, 4.69) is 36.2 Å². The molecule has 2 aromatic rings. The number of aromatic nitrogens is 1. The number of thiazole rings is 1. The molecular formula is C23H30N4O2S. The van der Waals surface area contributed by atoms with Gasteiger partial charge in [0.05, 0.1) is 5.69 Å². The first kappa shape index (κ1) is 20.8. The Kier molecular flexibility index (Phi) is 6.09. The molecule has 1 fully saturated rings. The van der Waals surface area contributed by atoms with Crippen molar-refractivity contribution in [3.8, 4) is 0 Å². The summed E-state index contributed by atoms with van der Waals surface area (Å²) >= 11 is 1.72. The summed E-state index contributed by atoms with van der Waals surface area (Å²) in [4.78, 5) is 34.7. The fourth-order valence-corrected chi connectivity index (χ4v) is 5.39. The van der Waals surface area contributed by atoms with Crippen molar-refractivity contribution in [2.24, 2.45) is 5.92 Å². The van der Waals surface area contributed by atoms with Crippen LogP contribution < -0.4 is 10.2 Å². The highest BCUT2D eigenvalue weighted by atomic mass is 32.1. The van der Waals surface area contributed by atoms with E-state index in [4.69, 9.17) is 4.98 Å². The van der Waals surface area contributed by atoms with E-state index in [-0.39, 0.29) is 17.7 Å². The first-order valence-corrected chi connectivity index (χ1v) is 11.6. The number of amides is 2. The molecule has 30 heavy (non-hydrogen) atoms. The average molecular weight is 427 g/mol. The van der Waals surface area contributed by atoms with E-state index >= 15 is 0 Å². The number of carbonyl (C=O) groups excluding carboxylic acids is 2. The number of anilines is 2. The molecular weight excluding hydrogens is 396 g/mol. The number of nitrogens with zero attached hydrogens (tertiary/aromatic N) is 3. The van der Waals surface area contributed by atoms with Gasteiger partial charge in [0, 0.05) is 49.6 Å². The standard InChI is InChI=1S/C23H30N4O2S/c1-15(2)17-5-4-6-19(13-17)24-22(29)18-7-8-20-21(14-18)30-23(25-20)27-11-9-26(10-12-27)16(3)28/h4-6,13,15,18H,7-12,14H2,1-3H3,(H,24,29)/t18-/m0/s1. The molecule has 2 amide bonds. The van der Waals surface area contributed by atoms with E-state index in [0.29, 0.717) is 5.92 Å². The van der Waals surface area contributed by atoms with Gasteiger partial charge in [-0.05, 0) is 42.9 Å². The molecule has 0 saturated carbocycles. The van der Waals surface area contributed by atoms with Crippen molar-refractivity contribution < 1.29 is 9.59 Å². The van der Waals surface area contributed by atoms with E-state index in [1.807, 2.05) is 17.0 Å². The number of rotatable bonds is 4. The topological polar surface area (TPSA) is 65.5 Å². The van der Waals surface area contributed by atoms with Crippen molar-refractivity contribution in [2.75, 3.05) is 36.4 Å². The summed E-state index contributed by atoms with van der Waals surface area (Å²) in [5, 5.41) is 4.16. The fraction of sp³-hybridized carbons (Fsp3) is 0.522. The Balaban J connectivity index is 1.39. The molecule has 0 radical (unpaired) electrons. The molecule has 160 valence electrons. The van der Waals surface area contributed by atoms with Gasteiger partial charge in [-0.2, -0.15) is 0 Å². The number of carbonyl (C=O) groups is 2. The Morgan fingerprint density at radius 1 is 1.20 bits per heavy atom. The Bertz CT molecular complexity index is 931. The number of hydrogen-bond donors (Lipinski definition) is 1. The zero-order valence-electron chi connectivity index (χ0n) is 18.0. The first-order valence-electron chi connectivity index (χ1n) is 10.8. The zero-order valence-corrected chi connectivity index (χ0v) is 18.8. The maximum absolute atomic E-state index is 12.9. The lowest BCUT2D eigenvalue weighted by Crippen LogP contribution is -2.48. The molecule has 1 aliphatic heterocycles. The van der Waals surface area contributed by atoms with Gasteiger partial charge in [-0.1, -0.05) is 26.0 Å². The summed E-state index contributed by atoms with van der Waals surface area (Å²) in [5.74, 6) is 0.669. The molecule has 2 heterocycles. The van der Waals surface area contributed by atoms with Gasteiger partial charge in [-0.25, -0.2) is 4.98 Å². The highest BCUT2D eigenvalue weighted by Gasteiger charge is 2.29. The molecule has 1 aliphatic carbocycles. The van der Waals surface area contributed by atoms with Gasteiger partial charge in [-0.3, -0.25) is 9.59 Å². The number of benzene rings is 1. The quantitative estimate of drug-likeness (QED) is 0.810. The predicted molar refractivity (Wildman–Crippen MR) is 121 cm³/mol. The fourth-order valence-electron chi connectivity index (χ4n) is 4.15. The number of nitrogens with one attached hydrogen (secondary N) is 1. The predicted octanol–water partition coefficient (Wildman–Crippen LogP) is 3.68. The van der Waals surface area contributed by atoms with Crippen LogP contribution in [0.25, 0.3) is 0 Å². The van der Waals surface area contributed by atoms with Gasteiger partial charge in [0.2, 0.25) is 11.8 Å². The summed E-state index contributed by atoms with van der Waals surface area (Å²) in [6.45, 7) is 9.09. The van der Waals surface area contributed by atoms with E-state index in [1.54, 1.807) is 18.3 Å². The monoisotopic (exact) mass is 426 g/mol. The highest BCUT2D eigenvalue weighted by molar-refractivity contribution is 7.15. The van der Waals surface area contributed by atoms with Crippen LogP contribution >= 0.6 is 11.3 Å². The summed E-state index contributed by atoms with van der Waals surface area (Å²) in [7, 11) is 0. The van der Waals surface area contributed by atoms with E-state index < -0.39 is 0 Å². The summed E-state index contributed by atoms with van der Waals surface area (Å²) in [6, 6.07) is 8.14. The first-order chi connectivity index (χ1) is 14.4. The van der Waals surface area contributed by atoms with E-state index in [0.717, 1.165) is 62.0 Å². The van der Waals surface area contributed by atoms with Crippen LogP contribution in [-0.4, -0.2) is 47.9 Å². The molecule has 1 aromatic heterocycles. The van der Waals surface area contributed by atoms with Crippen molar-refractivity contribution in [2.45, 2.75) is 46.0 Å². The number of piperazine rings is 1. The van der Waals surface area contributed by atoms with Crippen LogP contribution in [0.4, 0.5) is 10.8 Å². The van der Waals surface area contributed by atoms with Gasteiger partial charge in [-0.15, -0.1) is 11.3 Å². The Labute approximate surface area is 182 Å². The van der Waals surface area contributed by atoms with Gasteiger partial charge < -0.3 is 15.1 Å². The van der Waals surface area contributed by atoms with E-state index in [1.165, 1.54) is 10.4 Å². The van der Waals surface area contributed by atoms with Crippen LogP contribution in [0.2, 0.25) is 0 Å². The lowest BCUT2D eigenvalue weighted by molar-refractivity contribution is -0.129. The second-order valence-corrected chi connectivity index (χ2v) is 9.63. The van der Waals surface area contributed by atoms with Gasteiger partial charge in [0.15, 0.2) is 5.13 Å². The molecule has 1 saturated heterocycles. The Morgan fingerprint density at radius 2 is 1.97 bits per heavy atom. The van der Waals surface area contributed by atoms with Crippen molar-refractivity contribution in [1.82, 2.24) is 9.88 Å². The van der Waals surface area contributed by atoms with Crippen molar-refractivity contribution in [3.63, 3.8) is 0 Å². The molecule has 6 nitrogen and oxygen atoms in total. The highest BCUT2D eigenvalue weighted by Crippen LogP contribution is 2.35. The van der Waals surface area contributed by atoms with E-state index in [9.17, 15) is 9.59 Å². The second-order valence-electron chi connectivity index (χ2n) is 8.57. The van der Waals surface area contributed by atoms with Crippen LogP contribution in [0.15, 0.2) is 24.3 Å². The third kappa shape index (κ3) is 4.51. The summed E-state index contributed by atoms with van der Waals surface area (Å²) in [6.07, 6.45) is 2.45. The second kappa shape index (κ2) is 8.76. The molecule has 1 aromatic carbocycles. The summed E-state index contributed by atoms with van der Waals surface area (Å²) < 4.78 is 0. The molecule has 1 N–H and O–H groups in total. The SMILES string of the molecule is CC(=O)N1CCN(c2nc3c(s2)C[C@@H](C(=O)Nc2cccc(C(C)C)c2)CC3)CC1. The van der Waals surface area contributed by atoms with Gasteiger partial charge in [0.25, 0.3) is 0 Å². The number of aryl methyl sites for hydroxylation is 1. The summed E-state index contributed by atoms with van der Waals surface area (Å²) in [5.41, 5.74) is 3.26. The van der Waals surface area contributed by atoms with Gasteiger partial charge >= 0.3 is 0 Å². The third-order valence-corrected chi connectivity index (χ3v) is 7.30. The Morgan fingerprint density at radius 3 is 2.67 bits per heavy atom. The van der Waals surface area contributed by atoms with Crippen molar-refractivity contribution in [1.29, 1.82) is 0 Å². The molecule has 0 spiro atoms. The average Bonchev–Trinajstić information content (AvgIpc) is 3.17. The van der Waals surface area contributed by atoms with Gasteiger partial charge in [0.1, 0.15) is 0 Å². The normalized spacial score (nSPS) is 19.0. The lowest BCUT2D eigenvalue weighted by Gasteiger charge is -2.33. The van der Waals surface area contributed by atoms with Crippen molar-refractivity contribution in [3.05, 3.63) is 40.4 Å². The molecule has 0 bridgehead atoms. The zero-order chi connectivity index (χ0) is 21.3. The molecule has 4 rings (SSSR count). The molecule has 1 atom stereocenters. The lowest BCUT2D eigenvalue weighted by atomic mass is 9.90. The maximum atomic E-state index is 12.9. The van der Waals surface area contributed by atoms with Crippen LogP contribution in [-0.2, 0) is 22.4 Å². The number of fused-ring (bicyclic) bond motifs is 1. The molecule has 0 unspecified atom stereocenters. The van der Waals surface area contributed by atoms with Crippen LogP contribution in [0.1, 0.15) is 49.2 Å². The third-order valence-electron chi connectivity index (χ3n) is 6.12. The smallest absolute Gasteiger partial charge is 0.227 e. The minimum absolute atomic E-state index is 0.0110. The number of hydrogen-bond acceptors (Lipinski definition) is 5. The maximum Gasteiger partial charge on any atom is 0.227 e. The Hall–Kier alpha value is -2.41. The van der Waals surface area contributed by atoms with Crippen LogP contribution in [0.3, 0.4) is 0 Å². The van der Waals surface area contributed by atoms with Crippen molar-refractivity contribution >= 4 is 34.0 Å². The molecule has 2 aliphatic rings. The van der Waals surface area contributed by atoms with Crippen LogP contribution in [0, 0.1) is 5.92 Å². The minimum Gasteiger partial charge on any atom is -0.345 e. The van der Waals surface area contributed by atoms with Crippen LogP contribution in [0.5, 0.6) is 0 Å². The minimum atomic E-state index is -0.0110. The molecule has 7 heteroatoms. The largest absolute Gasteiger partial charge is 0.345 e.